The van der Waals surface area contributed by atoms with Crippen LogP contribution in [0, 0.1) is 5.92 Å². The molecule has 4 rings (SSSR count). The molecule has 3 atom stereocenters. The summed E-state index contributed by atoms with van der Waals surface area (Å²) < 4.78 is 5.44. The molecule has 1 amide bonds. The van der Waals surface area contributed by atoms with E-state index in [1.807, 2.05) is 6.92 Å². The van der Waals surface area contributed by atoms with Gasteiger partial charge in [0.05, 0.1) is 0 Å². The first-order chi connectivity index (χ1) is 13.7. The quantitative estimate of drug-likeness (QED) is 0.702. The van der Waals surface area contributed by atoms with Crippen LogP contribution in [0.5, 0.6) is 0 Å². The van der Waals surface area contributed by atoms with Crippen molar-refractivity contribution in [2.24, 2.45) is 5.92 Å². The summed E-state index contributed by atoms with van der Waals surface area (Å²) >= 11 is 0. The van der Waals surface area contributed by atoms with Gasteiger partial charge in [0.25, 0.3) is 0 Å². The normalized spacial score (nSPS) is 28.0. The van der Waals surface area contributed by atoms with Crippen LogP contribution in [0.4, 0.5) is 10.5 Å². The minimum absolute atomic E-state index is 0.0113. The maximum Gasteiger partial charge on any atom is 0.407 e. The molecule has 6 heteroatoms. The average molecular weight is 387 g/mol. The predicted octanol–water partition coefficient (Wildman–Crippen LogP) is 2.77. The monoisotopic (exact) mass is 386 g/mol. The number of carbonyl (C=O) groups is 1. The van der Waals surface area contributed by atoms with E-state index in [0.29, 0.717) is 18.5 Å². The number of nitrogens with one attached hydrogen (secondary N) is 3. The van der Waals surface area contributed by atoms with Gasteiger partial charge in [0, 0.05) is 43.7 Å². The molecule has 2 saturated heterocycles. The van der Waals surface area contributed by atoms with Gasteiger partial charge in [0.1, 0.15) is 6.10 Å². The third-order valence-corrected chi connectivity index (χ3v) is 6.64. The minimum atomic E-state index is -0.292. The Kier molecular flexibility index (Phi) is 6.37. The molecule has 154 valence electrons. The highest BCUT2D eigenvalue weighted by Gasteiger charge is 2.32. The van der Waals surface area contributed by atoms with Crippen molar-refractivity contribution in [1.29, 1.82) is 0 Å². The summed E-state index contributed by atoms with van der Waals surface area (Å²) in [4.78, 5) is 14.2. The Hall–Kier alpha value is -1.79. The van der Waals surface area contributed by atoms with Crippen LogP contribution >= 0.6 is 0 Å². The Bertz CT molecular complexity index is 660. The number of hydrogen-bond donors (Lipinski definition) is 3. The van der Waals surface area contributed by atoms with Gasteiger partial charge in [-0.3, -0.25) is 0 Å². The van der Waals surface area contributed by atoms with Crippen LogP contribution in [0.2, 0.25) is 0 Å². The Labute approximate surface area is 168 Å². The van der Waals surface area contributed by atoms with Crippen molar-refractivity contribution < 1.29 is 9.53 Å². The van der Waals surface area contributed by atoms with E-state index in [2.05, 4.69) is 45.1 Å². The summed E-state index contributed by atoms with van der Waals surface area (Å²) in [5.41, 5.74) is 2.86. The van der Waals surface area contributed by atoms with Crippen LogP contribution < -0.4 is 16.0 Å². The Morgan fingerprint density at radius 1 is 1.25 bits per heavy atom. The van der Waals surface area contributed by atoms with E-state index in [0.717, 1.165) is 38.4 Å². The van der Waals surface area contributed by atoms with E-state index < -0.39 is 0 Å². The molecular weight excluding hydrogens is 352 g/mol. The fourth-order valence-corrected chi connectivity index (χ4v) is 5.08. The molecule has 28 heavy (non-hydrogen) atoms. The van der Waals surface area contributed by atoms with Crippen LogP contribution in [0.25, 0.3) is 0 Å². The van der Waals surface area contributed by atoms with Crippen LogP contribution in [0.15, 0.2) is 24.3 Å². The van der Waals surface area contributed by atoms with E-state index in [1.165, 1.54) is 37.2 Å². The number of fused-ring (bicyclic) bond motifs is 1. The number of piperidine rings is 1. The first-order valence-corrected chi connectivity index (χ1v) is 11.0. The van der Waals surface area contributed by atoms with E-state index in [9.17, 15) is 4.79 Å². The summed E-state index contributed by atoms with van der Waals surface area (Å²) in [5, 5.41) is 9.81. The van der Waals surface area contributed by atoms with E-state index in [-0.39, 0.29) is 12.2 Å². The van der Waals surface area contributed by atoms with Gasteiger partial charge in [-0.05, 0) is 63.4 Å². The molecule has 2 fully saturated rings. The number of alkyl carbamates (subject to hydrolysis) is 1. The lowest BCUT2D eigenvalue weighted by Crippen LogP contribution is -2.38. The minimum Gasteiger partial charge on any atom is -0.445 e. The van der Waals surface area contributed by atoms with Crippen LogP contribution in [0.1, 0.15) is 44.1 Å². The maximum atomic E-state index is 11.6. The SMILES string of the molecule is CCNC(=O)O[C@H]1CN[C@H](CCN2CCC(C3CNc4ccccc43)CC2)C1. The Morgan fingerprint density at radius 3 is 2.89 bits per heavy atom. The Balaban J connectivity index is 1.16. The van der Waals surface area contributed by atoms with Gasteiger partial charge in [-0.2, -0.15) is 0 Å². The second-order valence-corrected chi connectivity index (χ2v) is 8.44. The van der Waals surface area contributed by atoms with Crippen molar-refractivity contribution in [1.82, 2.24) is 15.5 Å². The summed E-state index contributed by atoms with van der Waals surface area (Å²) in [5.74, 6) is 1.48. The third-order valence-electron chi connectivity index (χ3n) is 6.64. The van der Waals surface area contributed by atoms with E-state index >= 15 is 0 Å². The predicted molar refractivity (Wildman–Crippen MR) is 112 cm³/mol. The van der Waals surface area contributed by atoms with Crippen LogP contribution in [-0.2, 0) is 4.74 Å². The molecule has 0 saturated carbocycles. The number of para-hydroxylation sites is 1. The highest BCUT2D eigenvalue weighted by molar-refractivity contribution is 5.67. The molecule has 0 bridgehead atoms. The number of hydrogen-bond acceptors (Lipinski definition) is 5. The summed E-state index contributed by atoms with van der Waals surface area (Å²) in [6.07, 6.45) is 4.37. The summed E-state index contributed by atoms with van der Waals surface area (Å²) in [6, 6.07) is 9.27. The lowest BCUT2D eigenvalue weighted by atomic mass is 9.81. The van der Waals surface area contributed by atoms with Crippen molar-refractivity contribution in [3.8, 4) is 0 Å². The zero-order valence-corrected chi connectivity index (χ0v) is 17.0. The first-order valence-electron chi connectivity index (χ1n) is 11.0. The lowest BCUT2D eigenvalue weighted by molar-refractivity contribution is 0.106. The zero-order chi connectivity index (χ0) is 19.3. The van der Waals surface area contributed by atoms with Crippen molar-refractivity contribution >= 4 is 11.8 Å². The first kappa shape index (κ1) is 19.5. The van der Waals surface area contributed by atoms with Gasteiger partial charge in [-0.25, -0.2) is 4.79 Å². The van der Waals surface area contributed by atoms with Crippen molar-refractivity contribution in [3.63, 3.8) is 0 Å². The molecule has 3 heterocycles. The molecule has 0 aromatic heterocycles. The largest absolute Gasteiger partial charge is 0.445 e. The van der Waals surface area contributed by atoms with Gasteiger partial charge in [-0.15, -0.1) is 0 Å². The van der Waals surface area contributed by atoms with Crippen LogP contribution in [0.3, 0.4) is 0 Å². The number of anilines is 1. The number of carbonyl (C=O) groups excluding carboxylic acids is 1. The molecule has 1 aromatic rings. The van der Waals surface area contributed by atoms with Gasteiger partial charge in [-0.1, -0.05) is 18.2 Å². The highest BCUT2D eigenvalue weighted by Crippen LogP contribution is 2.40. The van der Waals surface area contributed by atoms with Gasteiger partial charge < -0.3 is 25.6 Å². The Morgan fingerprint density at radius 2 is 2.07 bits per heavy atom. The molecule has 3 aliphatic heterocycles. The van der Waals surface area contributed by atoms with Crippen molar-refractivity contribution in [2.45, 2.75) is 50.7 Å². The topological polar surface area (TPSA) is 65.6 Å². The second-order valence-electron chi connectivity index (χ2n) is 8.44. The molecule has 6 nitrogen and oxygen atoms in total. The molecule has 1 unspecified atom stereocenters. The van der Waals surface area contributed by atoms with Gasteiger partial charge >= 0.3 is 6.09 Å². The van der Waals surface area contributed by atoms with Crippen molar-refractivity contribution in [2.75, 3.05) is 44.6 Å². The van der Waals surface area contributed by atoms with Crippen molar-refractivity contribution in [3.05, 3.63) is 29.8 Å². The molecule has 1 aromatic carbocycles. The number of nitrogens with zero attached hydrogens (tertiary/aromatic N) is 1. The second kappa shape index (κ2) is 9.14. The summed E-state index contributed by atoms with van der Waals surface area (Å²) in [7, 11) is 0. The van der Waals surface area contributed by atoms with Crippen LogP contribution in [-0.4, -0.2) is 62.4 Å². The fourth-order valence-electron chi connectivity index (χ4n) is 5.08. The number of likely N-dealkylation sites (tertiary alicyclic amines) is 1. The number of rotatable bonds is 6. The molecule has 0 radical (unpaired) electrons. The summed E-state index contributed by atoms with van der Waals surface area (Å²) in [6.45, 7) is 7.94. The smallest absolute Gasteiger partial charge is 0.407 e. The average Bonchev–Trinajstić information content (AvgIpc) is 3.34. The fraction of sp³-hybridized carbons (Fsp3) is 0.682. The molecular formula is C22H34N4O2. The lowest BCUT2D eigenvalue weighted by Gasteiger charge is -2.35. The van der Waals surface area contributed by atoms with Gasteiger partial charge in [0.2, 0.25) is 0 Å². The zero-order valence-electron chi connectivity index (χ0n) is 17.0. The molecule has 3 aliphatic rings. The number of ether oxygens (including phenoxy) is 1. The van der Waals surface area contributed by atoms with E-state index in [1.54, 1.807) is 0 Å². The standard InChI is InChI=1S/C22H34N4O2/c1-2-23-22(27)28-18-13-17(24-14-18)9-12-26-10-7-16(8-11-26)20-15-25-21-6-4-3-5-19(20)21/h3-6,16-18,20,24-25H,2,7-15H2,1H3,(H,23,27)/t17-,18-,20?/m1/s1. The third kappa shape index (κ3) is 4.61. The molecule has 0 aliphatic carbocycles. The van der Waals surface area contributed by atoms with Gasteiger partial charge in [0.15, 0.2) is 0 Å². The van der Waals surface area contributed by atoms with E-state index in [4.69, 9.17) is 4.74 Å². The number of amides is 1. The molecule has 3 N–H and O–H groups in total. The highest BCUT2D eigenvalue weighted by atomic mass is 16.6. The molecule has 0 spiro atoms. The number of benzene rings is 1. The maximum absolute atomic E-state index is 11.6.